The second-order valence-electron chi connectivity index (χ2n) is 5.84. The van der Waals surface area contributed by atoms with Gasteiger partial charge in [0.25, 0.3) is 0 Å². The van der Waals surface area contributed by atoms with Gasteiger partial charge in [-0.2, -0.15) is 5.10 Å². The van der Waals surface area contributed by atoms with Crippen molar-refractivity contribution in [2.45, 2.75) is 25.2 Å². The van der Waals surface area contributed by atoms with E-state index in [9.17, 15) is 13.2 Å². The lowest BCUT2D eigenvalue weighted by Crippen LogP contribution is -2.31. The van der Waals surface area contributed by atoms with Gasteiger partial charge in [0.15, 0.2) is 9.84 Å². The van der Waals surface area contributed by atoms with E-state index in [0.29, 0.717) is 12.0 Å². The maximum absolute atomic E-state index is 12.3. The first-order chi connectivity index (χ1) is 11.8. The summed E-state index contributed by atoms with van der Waals surface area (Å²) in [5.74, 6) is 1.89. The Morgan fingerprint density at radius 3 is 2.84 bits per heavy atom. The molecule has 0 aliphatic carbocycles. The molecule has 1 aliphatic heterocycles. The molecule has 1 atom stereocenters. The van der Waals surface area contributed by atoms with Gasteiger partial charge in [-0.05, 0) is 30.2 Å². The predicted molar refractivity (Wildman–Crippen MR) is 96.9 cm³/mol. The number of terminal acetylenes is 1. The fourth-order valence-electron chi connectivity index (χ4n) is 2.67. The van der Waals surface area contributed by atoms with Crippen LogP contribution in [0.5, 0.6) is 5.75 Å². The molecule has 1 aromatic carbocycles. The van der Waals surface area contributed by atoms with Gasteiger partial charge in [-0.1, -0.05) is 25.0 Å². The van der Waals surface area contributed by atoms with Crippen molar-refractivity contribution in [3.63, 3.8) is 0 Å². The Bertz CT molecular complexity index is 892. The van der Waals surface area contributed by atoms with Gasteiger partial charge >= 0.3 is 0 Å². The van der Waals surface area contributed by atoms with E-state index in [1.54, 1.807) is 12.1 Å². The molecule has 1 amide bonds. The Hall–Kier alpha value is -2.59. The number of hydrogen-bond donors (Lipinski definition) is 1. The monoisotopic (exact) mass is 360 g/mol. The van der Waals surface area contributed by atoms with Crippen LogP contribution < -0.4 is 10.2 Å². The minimum absolute atomic E-state index is 0.00658. The third-order valence-corrected chi connectivity index (χ3v) is 5.38. The highest BCUT2D eigenvalue weighted by atomic mass is 32.2. The van der Waals surface area contributed by atoms with Crippen LogP contribution >= 0.6 is 0 Å². The predicted octanol–water partition coefficient (Wildman–Crippen LogP) is 2.02. The zero-order chi connectivity index (χ0) is 18.6. The number of allylic oxidation sites excluding steroid dienone is 1. The standard InChI is InChI=1S/C18H20N2O4S/c1-5-8-25(22,23)16-11-14(6-7-15(16)24-4)9-12(2)18-13(3)10-17(21)19-20-18/h1,6-7,9,11,13H,8,10H2,2-4H3,(H,19,21). The molecule has 7 heteroatoms. The zero-order valence-corrected chi connectivity index (χ0v) is 15.2. The van der Waals surface area contributed by atoms with E-state index in [-0.39, 0.29) is 22.5 Å². The molecule has 0 bridgehead atoms. The summed E-state index contributed by atoms with van der Waals surface area (Å²) in [6.45, 7) is 3.79. The van der Waals surface area contributed by atoms with Crippen LogP contribution in [0.4, 0.5) is 0 Å². The fraction of sp³-hybridized carbons (Fsp3) is 0.333. The zero-order valence-electron chi connectivity index (χ0n) is 14.4. The lowest BCUT2D eigenvalue weighted by atomic mass is 9.93. The number of benzene rings is 1. The second kappa shape index (κ2) is 7.53. The minimum Gasteiger partial charge on any atom is -0.495 e. The van der Waals surface area contributed by atoms with E-state index >= 15 is 0 Å². The first kappa shape index (κ1) is 18.7. The molecule has 25 heavy (non-hydrogen) atoms. The first-order valence-corrected chi connectivity index (χ1v) is 9.33. The quantitative estimate of drug-likeness (QED) is 0.814. The molecule has 0 saturated heterocycles. The van der Waals surface area contributed by atoms with Gasteiger partial charge in [0, 0.05) is 12.3 Å². The number of sulfone groups is 1. The van der Waals surface area contributed by atoms with Gasteiger partial charge in [-0.15, -0.1) is 6.42 Å². The maximum atomic E-state index is 12.3. The Balaban J connectivity index is 2.44. The van der Waals surface area contributed by atoms with Gasteiger partial charge in [-0.3, -0.25) is 4.79 Å². The molecule has 132 valence electrons. The molecule has 1 heterocycles. The van der Waals surface area contributed by atoms with Crippen LogP contribution in [0.2, 0.25) is 0 Å². The second-order valence-corrected chi connectivity index (χ2v) is 7.80. The summed E-state index contributed by atoms with van der Waals surface area (Å²) in [6.07, 6.45) is 7.34. The van der Waals surface area contributed by atoms with Gasteiger partial charge in [0.1, 0.15) is 16.4 Å². The Kier molecular flexibility index (Phi) is 5.65. The number of carbonyl (C=O) groups is 1. The van der Waals surface area contributed by atoms with E-state index in [4.69, 9.17) is 11.2 Å². The van der Waals surface area contributed by atoms with Crippen molar-refractivity contribution >= 4 is 27.5 Å². The number of hydrazone groups is 1. The Morgan fingerprint density at radius 1 is 1.52 bits per heavy atom. The largest absolute Gasteiger partial charge is 0.495 e. The van der Waals surface area contributed by atoms with Crippen LogP contribution in [0, 0.1) is 18.3 Å². The topological polar surface area (TPSA) is 84.8 Å². The molecule has 0 radical (unpaired) electrons. The summed E-state index contributed by atoms with van der Waals surface area (Å²) in [5, 5.41) is 4.10. The Morgan fingerprint density at radius 2 is 2.24 bits per heavy atom. The molecule has 0 aromatic heterocycles. The number of methoxy groups -OCH3 is 1. The molecule has 1 N–H and O–H groups in total. The van der Waals surface area contributed by atoms with E-state index in [1.807, 2.05) is 19.9 Å². The molecule has 0 spiro atoms. The van der Waals surface area contributed by atoms with Gasteiger partial charge in [0.2, 0.25) is 5.91 Å². The molecular formula is C18H20N2O4S. The summed E-state index contributed by atoms with van der Waals surface area (Å²) >= 11 is 0. The molecule has 1 aliphatic rings. The van der Waals surface area contributed by atoms with Crippen molar-refractivity contribution in [3.05, 3.63) is 29.3 Å². The molecule has 1 aromatic rings. The van der Waals surface area contributed by atoms with Crippen molar-refractivity contribution < 1.29 is 17.9 Å². The highest BCUT2D eigenvalue weighted by molar-refractivity contribution is 7.91. The van der Waals surface area contributed by atoms with Crippen molar-refractivity contribution in [3.8, 4) is 18.1 Å². The number of rotatable bonds is 5. The summed E-state index contributed by atoms with van der Waals surface area (Å²) < 4.78 is 29.8. The molecule has 1 unspecified atom stereocenters. The summed E-state index contributed by atoms with van der Waals surface area (Å²) in [6, 6.07) is 4.88. The highest BCUT2D eigenvalue weighted by Crippen LogP contribution is 2.27. The fourth-order valence-corrected chi connectivity index (χ4v) is 3.82. The smallest absolute Gasteiger partial charge is 0.240 e. The molecular weight excluding hydrogens is 340 g/mol. The van der Waals surface area contributed by atoms with Gasteiger partial charge in [-0.25, -0.2) is 13.8 Å². The van der Waals surface area contributed by atoms with E-state index in [2.05, 4.69) is 16.4 Å². The highest BCUT2D eigenvalue weighted by Gasteiger charge is 2.22. The average Bonchev–Trinajstić information content (AvgIpc) is 2.54. The van der Waals surface area contributed by atoms with Crippen LogP contribution in [0.25, 0.3) is 6.08 Å². The number of carbonyl (C=O) groups excluding carboxylic acids is 1. The molecule has 0 saturated carbocycles. The van der Waals surface area contributed by atoms with Crippen LogP contribution in [0.15, 0.2) is 33.8 Å². The molecule has 6 nitrogen and oxygen atoms in total. The van der Waals surface area contributed by atoms with E-state index < -0.39 is 15.6 Å². The van der Waals surface area contributed by atoms with E-state index in [1.165, 1.54) is 13.2 Å². The third-order valence-electron chi connectivity index (χ3n) is 3.84. The summed E-state index contributed by atoms with van der Waals surface area (Å²) in [7, 11) is -2.22. The van der Waals surface area contributed by atoms with E-state index in [0.717, 1.165) is 11.3 Å². The van der Waals surface area contributed by atoms with Crippen molar-refractivity contribution in [1.29, 1.82) is 0 Å². The Labute approximate surface area is 147 Å². The van der Waals surface area contributed by atoms with Crippen molar-refractivity contribution in [1.82, 2.24) is 5.43 Å². The minimum atomic E-state index is -3.63. The first-order valence-electron chi connectivity index (χ1n) is 7.68. The number of nitrogens with one attached hydrogen (secondary N) is 1. The lowest BCUT2D eigenvalue weighted by Gasteiger charge is -2.19. The molecule has 0 fully saturated rings. The average molecular weight is 360 g/mol. The van der Waals surface area contributed by atoms with Gasteiger partial charge < -0.3 is 4.74 Å². The number of hydrogen-bond acceptors (Lipinski definition) is 5. The van der Waals surface area contributed by atoms with Crippen LogP contribution in [-0.2, 0) is 14.6 Å². The summed E-state index contributed by atoms with van der Waals surface area (Å²) in [5.41, 5.74) is 4.76. The number of ether oxygens (including phenoxy) is 1. The third kappa shape index (κ3) is 4.28. The summed E-state index contributed by atoms with van der Waals surface area (Å²) in [4.78, 5) is 11.4. The molecule has 2 rings (SSSR count). The van der Waals surface area contributed by atoms with Crippen LogP contribution in [-0.4, -0.2) is 32.9 Å². The number of amides is 1. The van der Waals surface area contributed by atoms with Crippen LogP contribution in [0.3, 0.4) is 0 Å². The number of nitrogens with zero attached hydrogens (tertiary/aromatic N) is 1. The maximum Gasteiger partial charge on any atom is 0.240 e. The van der Waals surface area contributed by atoms with Crippen LogP contribution in [0.1, 0.15) is 25.8 Å². The van der Waals surface area contributed by atoms with Crippen molar-refractivity contribution in [2.75, 3.05) is 12.9 Å². The SMILES string of the molecule is C#CCS(=O)(=O)c1cc(C=C(C)C2=NNC(=O)CC2C)ccc1OC. The van der Waals surface area contributed by atoms with Crippen molar-refractivity contribution in [2.24, 2.45) is 11.0 Å². The normalized spacial score (nSPS) is 18.2. The van der Waals surface area contributed by atoms with Gasteiger partial charge in [0.05, 0.1) is 12.8 Å². The lowest BCUT2D eigenvalue weighted by molar-refractivity contribution is -0.121.